The fraction of sp³-hybridized carbons (Fsp3) is 0.625. The summed E-state index contributed by atoms with van der Waals surface area (Å²) < 4.78 is 0. The third-order valence-electron chi connectivity index (χ3n) is 4.15. The second kappa shape index (κ2) is 5.68. The average Bonchev–Trinajstić information content (AvgIpc) is 2.68. The van der Waals surface area contributed by atoms with Gasteiger partial charge < -0.3 is 5.32 Å². The Morgan fingerprint density at radius 2 is 2.06 bits per heavy atom. The lowest BCUT2D eigenvalue weighted by Gasteiger charge is -2.23. The standard InChI is InChI=1S/C16H25N/c1-12-7-4-5-9-15(12)11-14(3)17-16-10-6-8-13(16)2/h4-5,7,9,13-14,16-17H,6,8,10-11H2,1-3H3. The first kappa shape index (κ1) is 12.6. The minimum absolute atomic E-state index is 0.585. The molecule has 94 valence electrons. The molecule has 0 bridgehead atoms. The highest BCUT2D eigenvalue weighted by atomic mass is 15.0. The Bertz CT molecular complexity index is 358. The summed E-state index contributed by atoms with van der Waals surface area (Å²) in [5.41, 5.74) is 2.90. The van der Waals surface area contributed by atoms with Gasteiger partial charge in [-0.25, -0.2) is 0 Å². The quantitative estimate of drug-likeness (QED) is 0.833. The van der Waals surface area contributed by atoms with Crippen LogP contribution in [0.5, 0.6) is 0 Å². The number of nitrogens with one attached hydrogen (secondary N) is 1. The zero-order valence-corrected chi connectivity index (χ0v) is 11.4. The van der Waals surface area contributed by atoms with E-state index < -0.39 is 0 Å². The van der Waals surface area contributed by atoms with E-state index in [2.05, 4.69) is 50.4 Å². The molecule has 1 N–H and O–H groups in total. The van der Waals surface area contributed by atoms with Gasteiger partial charge in [0.25, 0.3) is 0 Å². The van der Waals surface area contributed by atoms with E-state index in [0.29, 0.717) is 6.04 Å². The minimum Gasteiger partial charge on any atom is -0.311 e. The molecule has 3 unspecified atom stereocenters. The van der Waals surface area contributed by atoms with Gasteiger partial charge in [0.05, 0.1) is 0 Å². The van der Waals surface area contributed by atoms with E-state index in [1.165, 1.54) is 30.4 Å². The summed E-state index contributed by atoms with van der Waals surface area (Å²) in [5.74, 6) is 0.856. The molecular weight excluding hydrogens is 206 g/mol. The third-order valence-corrected chi connectivity index (χ3v) is 4.15. The van der Waals surface area contributed by atoms with Gasteiger partial charge >= 0.3 is 0 Å². The molecule has 1 aromatic carbocycles. The van der Waals surface area contributed by atoms with Gasteiger partial charge in [0.15, 0.2) is 0 Å². The predicted octanol–water partition coefficient (Wildman–Crippen LogP) is 3.70. The molecule has 17 heavy (non-hydrogen) atoms. The molecule has 0 heterocycles. The van der Waals surface area contributed by atoms with Crippen LogP contribution in [0.25, 0.3) is 0 Å². The van der Waals surface area contributed by atoms with Crippen LogP contribution < -0.4 is 5.32 Å². The third kappa shape index (κ3) is 3.32. The fourth-order valence-corrected chi connectivity index (χ4v) is 2.99. The largest absolute Gasteiger partial charge is 0.311 e. The lowest BCUT2D eigenvalue weighted by molar-refractivity contribution is 0.381. The zero-order valence-electron chi connectivity index (χ0n) is 11.4. The van der Waals surface area contributed by atoms with Crippen molar-refractivity contribution in [2.75, 3.05) is 0 Å². The van der Waals surface area contributed by atoms with E-state index in [0.717, 1.165) is 18.4 Å². The van der Waals surface area contributed by atoms with Crippen LogP contribution in [-0.4, -0.2) is 12.1 Å². The summed E-state index contributed by atoms with van der Waals surface area (Å²) in [6.07, 6.45) is 5.31. The van der Waals surface area contributed by atoms with Gasteiger partial charge in [0, 0.05) is 12.1 Å². The average molecular weight is 231 g/mol. The molecule has 1 aromatic rings. The van der Waals surface area contributed by atoms with Crippen LogP contribution >= 0.6 is 0 Å². The Hall–Kier alpha value is -0.820. The first-order valence-electron chi connectivity index (χ1n) is 6.97. The molecule has 0 aromatic heterocycles. The highest BCUT2D eigenvalue weighted by Crippen LogP contribution is 2.25. The first-order chi connectivity index (χ1) is 8.16. The van der Waals surface area contributed by atoms with Crippen LogP contribution in [-0.2, 0) is 6.42 Å². The molecule has 0 aliphatic heterocycles. The van der Waals surface area contributed by atoms with Crippen LogP contribution in [0.2, 0.25) is 0 Å². The van der Waals surface area contributed by atoms with Crippen molar-refractivity contribution >= 4 is 0 Å². The van der Waals surface area contributed by atoms with Crippen LogP contribution in [0, 0.1) is 12.8 Å². The molecule has 1 saturated carbocycles. The molecule has 1 aliphatic rings. The van der Waals surface area contributed by atoms with E-state index >= 15 is 0 Å². The van der Waals surface area contributed by atoms with Crippen molar-refractivity contribution in [3.05, 3.63) is 35.4 Å². The van der Waals surface area contributed by atoms with Gasteiger partial charge in [-0.2, -0.15) is 0 Å². The van der Waals surface area contributed by atoms with Gasteiger partial charge in [-0.1, -0.05) is 37.6 Å². The van der Waals surface area contributed by atoms with Crippen molar-refractivity contribution in [1.82, 2.24) is 5.32 Å². The van der Waals surface area contributed by atoms with E-state index in [1.54, 1.807) is 0 Å². The number of hydrogen-bond donors (Lipinski definition) is 1. The summed E-state index contributed by atoms with van der Waals surface area (Å²) in [7, 11) is 0. The van der Waals surface area contributed by atoms with Gasteiger partial charge in [-0.05, 0) is 50.2 Å². The lowest BCUT2D eigenvalue weighted by atomic mass is 10.00. The van der Waals surface area contributed by atoms with Crippen molar-refractivity contribution in [3.63, 3.8) is 0 Å². The Morgan fingerprint density at radius 1 is 1.29 bits per heavy atom. The molecule has 1 heteroatoms. The van der Waals surface area contributed by atoms with Crippen molar-refractivity contribution in [1.29, 1.82) is 0 Å². The summed E-state index contributed by atoms with van der Waals surface area (Å²) in [4.78, 5) is 0. The Kier molecular flexibility index (Phi) is 4.22. The number of rotatable bonds is 4. The summed E-state index contributed by atoms with van der Waals surface area (Å²) >= 11 is 0. The van der Waals surface area contributed by atoms with E-state index in [9.17, 15) is 0 Å². The predicted molar refractivity (Wildman–Crippen MR) is 74.3 cm³/mol. The minimum atomic E-state index is 0.585. The summed E-state index contributed by atoms with van der Waals surface area (Å²) in [6.45, 7) is 6.91. The monoisotopic (exact) mass is 231 g/mol. The van der Waals surface area contributed by atoms with Gasteiger partial charge in [0.1, 0.15) is 0 Å². The molecule has 1 aliphatic carbocycles. The molecule has 0 spiro atoms. The number of benzene rings is 1. The van der Waals surface area contributed by atoms with Gasteiger partial charge in [-0.3, -0.25) is 0 Å². The SMILES string of the molecule is Cc1ccccc1CC(C)NC1CCCC1C. The molecule has 0 amide bonds. The lowest BCUT2D eigenvalue weighted by Crippen LogP contribution is -2.39. The molecule has 0 radical (unpaired) electrons. The number of hydrogen-bond acceptors (Lipinski definition) is 1. The number of aryl methyl sites for hydroxylation is 1. The van der Waals surface area contributed by atoms with Crippen molar-refractivity contribution in [2.24, 2.45) is 5.92 Å². The maximum absolute atomic E-state index is 3.80. The van der Waals surface area contributed by atoms with Gasteiger partial charge in [0.2, 0.25) is 0 Å². The topological polar surface area (TPSA) is 12.0 Å². The fourth-order valence-electron chi connectivity index (χ4n) is 2.99. The molecular formula is C16H25N. The second-order valence-electron chi connectivity index (χ2n) is 5.71. The smallest absolute Gasteiger partial charge is 0.00952 e. The maximum atomic E-state index is 3.80. The second-order valence-corrected chi connectivity index (χ2v) is 5.71. The van der Waals surface area contributed by atoms with Crippen molar-refractivity contribution in [3.8, 4) is 0 Å². The Morgan fingerprint density at radius 3 is 2.71 bits per heavy atom. The molecule has 1 nitrogen and oxygen atoms in total. The zero-order chi connectivity index (χ0) is 12.3. The van der Waals surface area contributed by atoms with Crippen LogP contribution in [0.3, 0.4) is 0 Å². The van der Waals surface area contributed by atoms with Gasteiger partial charge in [-0.15, -0.1) is 0 Å². The van der Waals surface area contributed by atoms with Crippen LogP contribution in [0.1, 0.15) is 44.2 Å². The van der Waals surface area contributed by atoms with E-state index in [-0.39, 0.29) is 0 Å². The highest BCUT2D eigenvalue weighted by Gasteiger charge is 2.24. The molecule has 1 fully saturated rings. The Balaban J connectivity index is 1.89. The van der Waals surface area contributed by atoms with E-state index in [1.807, 2.05) is 0 Å². The molecule has 0 saturated heterocycles. The summed E-state index contributed by atoms with van der Waals surface area (Å²) in [6, 6.07) is 10.1. The molecule has 2 rings (SSSR count). The highest BCUT2D eigenvalue weighted by molar-refractivity contribution is 5.26. The first-order valence-corrected chi connectivity index (χ1v) is 6.97. The van der Waals surface area contributed by atoms with Crippen molar-refractivity contribution < 1.29 is 0 Å². The van der Waals surface area contributed by atoms with Crippen LogP contribution in [0.4, 0.5) is 0 Å². The maximum Gasteiger partial charge on any atom is 0.00952 e. The van der Waals surface area contributed by atoms with Crippen LogP contribution in [0.15, 0.2) is 24.3 Å². The summed E-state index contributed by atoms with van der Waals surface area (Å²) in [5, 5.41) is 3.80. The normalized spacial score (nSPS) is 26.1. The van der Waals surface area contributed by atoms with E-state index in [4.69, 9.17) is 0 Å². The molecule has 3 atom stereocenters. The van der Waals surface area contributed by atoms with Crippen molar-refractivity contribution in [2.45, 2.75) is 58.5 Å². The Labute approximate surface area is 106 Å².